The number of ether oxygens (including phenoxy) is 3. The molecule has 7 N–H and O–H groups in total. The number of aromatic hydroxyl groups is 3. The molecular formula is C20H22O10. The number of benzene rings is 2. The smallest absolute Gasteiger partial charge is 0.229 e. The van der Waals surface area contributed by atoms with Crippen LogP contribution in [-0.4, -0.2) is 73.1 Å². The molecule has 10 nitrogen and oxygen atoms in total. The molecule has 0 bridgehead atoms. The molecule has 0 aromatic heterocycles. The van der Waals surface area contributed by atoms with Crippen LogP contribution in [0.2, 0.25) is 0 Å². The molecule has 30 heavy (non-hydrogen) atoms. The Morgan fingerprint density at radius 3 is 2.47 bits per heavy atom. The van der Waals surface area contributed by atoms with E-state index in [9.17, 15) is 35.7 Å². The van der Waals surface area contributed by atoms with Gasteiger partial charge in [0.15, 0.2) is 11.5 Å². The van der Waals surface area contributed by atoms with E-state index >= 15 is 0 Å². The monoisotopic (exact) mass is 422 g/mol. The van der Waals surface area contributed by atoms with Crippen molar-refractivity contribution in [1.29, 1.82) is 0 Å². The lowest BCUT2D eigenvalue weighted by atomic mass is 9.94. The molecule has 2 aliphatic rings. The molecule has 1 fully saturated rings. The first-order valence-corrected chi connectivity index (χ1v) is 9.24. The first-order chi connectivity index (χ1) is 14.2. The Labute approximate surface area is 170 Å². The number of hydrogen-bond donors (Lipinski definition) is 7. The van der Waals surface area contributed by atoms with Crippen molar-refractivity contribution in [3.8, 4) is 28.7 Å². The first kappa shape index (κ1) is 20.5. The Bertz CT molecular complexity index is 947. The van der Waals surface area contributed by atoms with Crippen molar-refractivity contribution in [2.45, 2.75) is 36.6 Å². The maximum absolute atomic E-state index is 10.5. The van der Waals surface area contributed by atoms with E-state index in [1.54, 1.807) is 0 Å². The van der Waals surface area contributed by atoms with Crippen molar-refractivity contribution in [2.75, 3.05) is 13.2 Å². The molecule has 0 spiro atoms. The lowest BCUT2D eigenvalue weighted by Crippen LogP contribution is -2.48. The van der Waals surface area contributed by atoms with Crippen LogP contribution in [0.15, 0.2) is 30.3 Å². The van der Waals surface area contributed by atoms with Gasteiger partial charge in [-0.2, -0.15) is 0 Å². The number of aliphatic hydroxyl groups is 4. The minimum atomic E-state index is -1.85. The van der Waals surface area contributed by atoms with Gasteiger partial charge in [0.05, 0.1) is 19.3 Å². The predicted octanol–water partition coefficient (Wildman–Crippen LogP) is -0.340. The minimum absolute atomic E-state index is 0.0561. The van der Waals surface area contributed by atoms with Crippen LogP contribution in [0.5, 0.6) is 28.7 Å². The summed E-state index contributed by atoms with van der Waals surface area (Å²) in [6.07, 6.45) is -4.65. The van der Waals surface area contributed by atoms with Crippen LogP contribution < -0.4 is 9.47 Å². The standard InChI is InChI=1S/C20H22O10/c21-7-20(27)8-28-19(18(20)26)29-10-4-13(23)11-6-15(25)17(30-16(11)5-10)9-1-2-12(22)14(24)3-9/h1-5,15,17-19,21-27H,6-8H2/t15-,17+,18-,19+,20+/m0/s1. The molecule has 2 heterocycles. The quantitative estimate of drug-likeness (QED) is 0.324. The molecule has 0 amide bonds. The van der Waals surface area contributed by atoms with Crippen LogP contribution in [0.3, 0.4) is 0 Å². The SMILES string of the molecule is OC[C@@]1(O)CO[C@H](Oc2cc(O)c3c(c2)O[C@H](c2ccc(O)c(O)c2)[C@@H](O)C3)[C@@H]1O. The van der Waals surface area contributed by atoms with Crippen LogP contribution >= 0.6 is 0 Å². The summed E-state index contributed by atoms with van der Waals surface area (Å²) in [5.41, 5.74) is -1.10. The van der Waals surface area contributed by atoms with Crippen molar-refractivity contribution < 1.29 is 50.0 Å². The Hall–Kier alpha value is -2.76. The van der Waals surface area contributed by atoms with Gasteiger partial charge in [0.25, 0.3) is 0 Å². The van der Waals surface area contributed by atoms with E-state index in [-0.39, 0.29) is 41.8 Å². The summed E-state index contributed by atoms with van der Waals surface area (Å²) in [5, 5.41) is 69.4. The average molecular weight is 422 g/mol. The topological polar surface area (TPSA) is 169 Å². The van der Waals surface area contributed by atoms with Gasteiger partial charge in [-0.15, -0.1) is 0 Å². The van der Waals surface area contributed by atoms with Crippen LogP contribution in [0.25, 0.3) is 0 Å². The van der Waals surface area contributed by atoms with Gasteiger partial charge < -0.3 is 50.0 Å². The van der Waals surface area contributed by atoms with E-state index in [1.165, 1.54) is 30.3 Å². The molecule has 5 atom stereocenters. The molecule has 0 radical (unpaired) electrons. The van der Waals surface area contributed by atoms with Crippen molar-refractivity contribution in [3.05, 3.63) is 41.5 Å². The van der Waals surface area contributed by atoms with Crippen LogP contribution in [-0.2, 0) is 11.2 Å². The second kappa shape index (κ2) is 7.49. The van der Waals surface area contributed by atoms with Gasteiger partial charge in [-0.1, -0.05) is 6.07 Å². The summed E-state index contributed by atoms with van der Waals surface area (Å²) in [5.74, 6) is -0.606. The Morgan fingerprint density at radius 2 is 1.80 bits per heavy atom. The van der Waals surface area contributed by atoms with E-state index in [0.717, 1.165) is 0 Å². The van der Waals surface area contributed by atoms with E-state index in [0.29, 0.717) is 11.1 Å². The minimum Gasteiger partial charge on any atom is -0.507 e. The fraction of sp³-hybridized carbons (Fsp3) is 0.400. The summed E-state index contributed by atoms with van der Waals surface area (Å²) < 4.78 is 16.5. The van der Waals surface area contributed by atoms with Gasteiger partial charge in [-0.05, 0) is 17.7 Å². The second-order valence-electron chi connectivity index (χ2n) is 7.48. The lowest BCUT2D eigenvalue weighted by molar-refractivity contribution is -0.115. The van der Waals surface area contributed by atoms with Crippen LogP contribution in [0.4, 0.5) is 0 Å². The highest BCUT2D eigenvalue weighted by molar-refractivity contribution is 5.52. The lowest BCUT2D eigenvalue weighted by Gasteiger charge is -2.32. The third-order valence-corrected chi connectivity index (χ3v) is 5.34. The summed E-state index contributed by atoms with van der Waals surface area (Å²) in [6.45, 7) is -1.05. The van der Waals surface area contributed by atoms with E-state index in [4.69, 9.17) is 14.2 Å². The van der Waals surface area contributed by atoms with Crippen molar-refractivity contribution >= 4 is 0 Å². The van der Waals surface area contributed by atoms with Gasteiger partial charge in [0, 0.05) is 24.1 Å². The van der Waals surface area contributed by atoms with Gasteiger partial charge in [0.1, 0.15) is 35.1 Å². The number of rotatable bonds is 4. The summed E-state index contributed by atoms with van der Waals surface area (Å²) in [4.78, 5) is 0. The van der Waals surface area contributed by atoms with Crippen molar-refractivity contribution in [3.63, 3.8) is 0 Å². The summed E-state index contributed by atoms with van der Waals surface area (Å²) in [7, 11) is 0. The predicted molar refractivity (Wildman–Crippen MR) is 99.4 cm³/mol. The highest BCUT2D eigenvalue weighted by atomic mass is 16.7. The average Bonchev–Trinajstić information content (AvgIpc) is 2.99. The number of phenolic OH excluding ortho intramolecular Hbond substituents is 3. The van der Waals surface area contributed by atoms with E-state index in [1.807, 2.05) is 0 Å². The molecule has 162 valence electrons. The van der Waals surface area contributed by atoms with E-state index < -0.39 is 36.8 Å². The normalized spacial score (nSPS) is 30.5. The number of fused-ring (bicyclic) bond motifs is 1. The Kier molecular flexibility index (Phi) is 5.12. The Balaban J connectivity index is 1.59. The zero-order valence-corrected chi connectivity index (χ0v) is 15.7. The maximum Gasteiger partial charge on any atom is 0.229 e. The van der Waals surface area contributed by atoms with Crippen LogP contribution in [0, 0.1) is 0 Å². The summed E-state index contributed by atoms with van der Waals surface area (Å²) in [6, 6.07) is 6.72. The highest BCUT2D eigenvalue weighted by Gasteiger charge is 2.49. The van der Waals surface area contributed by atoms with Gasteiger partial charge in [-0.25, -0.2) is 0 Å². The highest BCUT2D eigenvalue weighted by Crippen LogP contribution is 2.43. The number of aliphatic hydroxyl groups excluding tert-OH is 3. The molecular weight excluding hydrogens is 400 g/mol. The third-order valence-electron chi connectivity index (χ3n) is 5.34. The van der Waals surface area contributed by atoms with E-state index in [2.05, 4.69) is 0 Å². The molecule has 2 aliphatic heterocycles. The van der Waals surface area contributed by atoms with Gasteiger partial charge >= 0.3 is 0 Å². The molecule has 4 rings (SSSR count). The third kappa shape index (κ3) is 3.48. The van der Waals surface area contributed by atoms with Crippen molar-refractivity contribution in [1.82, 2.24) is 0 Å². The number of hydrogen-bond acceptors (Lipinski definition) is 10. The second-order valence-corrected chi connectivity index (χ2v) is 7.48. The molecule has 1 saturated heterocycles. The molecule has 2 aromatic carbocycles. The van der Waals surface area contributed by atoms with Crippen molar-refractivity contribution in [2.24, 2.45) is 0 Å². The number of phenols is 3. The summed E-state index contributed by atoms with van der Waals surface area (Å²) >= 11 is 0. The molecule has 10 heteroatoms. The fourth-order valence-electron chi connectivity index (χ4n) is 3.55. The molecule has 0 unspecified atom stereocenters. The first-order valence-electron chi connectivity index (χ1n) is 9.24. The maximum atomic E-state index is 10.5. The van der Waals surface area contributed by atoms with Gasteiger partial charge in [-0.3, -0.25) is 0 Å². The Morgan fingerprint density at radius 1 is 1.03 bits per heavy atom. The molecule has 0 aliphatic carbocycles. The largest absolute Gasteiger partial charge is 0.507 e. The zero-order valence-electron chi connectivity index (χ0n) is 15.7. The molecule has 0 saturated carbocycles. The fourth-order valence-corrected chi connectivity index (χ4v) is 3.55. The van der Waals surface area contributed by atoms with Gasteiger partial charge in [0.2, 0.25) is 6.29 Å². The zero-order chi connectivity index (χ0) is 21.6. The van der Waals surface area contributed by atoms with Crippen LogP contribution in [0.1, 0.15) is 17.2 Å². The molecule has 2 aromatic rings.